The summed E-state index contributed by atoms with van der Waals surface area (Å²) in [4.78, 5) is 14.8. The number of piperidine rings is 1. The first-order valence-electron chi connectivity index (χ1n) is 8.86. The Balaban J connectivity index is 1.49. The lowest BCUT2D eigenvalue weighted by Gasteiger charge is -2.32. The second kappa shape index (κ2) is 6.39. The Bertz CT molecular complexity index is 909. The molecule has 5 heteroatoms. The second-order valence-electron chi connectivity index (χ2n) is 7.08. The lowest BCUT2D eigenvalue weighted by atomic mass is 9.92. The van der Waals surface area contributed by atoms with Gasteiger partial charge in [-0.2, -0.15) is 5.10 Å². The van der Waals surface area contributed by atoms with Gasteiger partial charge in [-0.1, -0.05) is 12.1 Å². The van der Waals surface area contributed by atoms with Crippen LogP contribution in [-0.4, -0.2) is 34.1 Å². The fourth-order valence-electron chi connectivity index (χ4n) is 3.81. The molecule has 0 unspecified atom stereocenters. The number of amides is 1. The number of aromatic nitrogens is 2. The fraction of sp³-hybridized carbons (Fsp3) is 0.400. The summed E-state index contributed by atoms with van der Waals surface area (Å²) in [6, 6.07) is 6.12. The van der Waals surface area contributed by atoms with Crippen LogP contribution in [0.5, 0.6) is 0 Å². The molecule has 1 aliphatic heterocycles. The fourth-order valence-corrected chi connectivity index (χ4v) is 3.81. The minimum atomic E-state index is 0.171. The van der Waals surface area contributed by atoms with Crippen molar-refractivity contribution in [2.75, 3.05) is 13.1 Å². The van der Waals surface area contributed by atoms with E-state index >= 15 is 0 Å². The van der Waals surface area contributed by atoms with Crippen LogP contribution in [0.1, 0.15) is 41.1 Å². The van der Waals surface area contributed by atoms with E-state index < -0.39 is 0 Å². The van der Waals surface area contributed by atoms with E-state index in [4.69, 9.17) is 4.42 Å². The van der Waals surface area contributed by atoms with Crippen LogP contribution in [0.25, 0.3) is 11.0 Å². The molecule has 3 heterocycles. The van der Waals surface area contributed by atoms with Crippen molar-refractivity contribution in [3.63, 3.8) is 0 Å². The number of H-pyrrole nitrogens is 1. The van der Waals surface area contributed by atoms with Crippen LogP contribution < -0.4 is 0 Å². The average molecular weight is 337 g/mol. The van der Waals surface area contributed by atoms with Crippen molar-refractivity contribution in [1.29, 1.82) is 0 Å². The summed E-state index contributed by atoms with van der Waals surface area (Å²) >= 11 is 0. The molecule has 5 nitrogen and oxygen atoms in total. The smallest absolute Gasteiger partial charge is 0.227 e. The topological polar surface area (TPSA) is 62.1 Å². The van der Waals surface area contributed by atoms with Gasteiger partial charge in [-0.25, -0.2) is 0 Å². The number of rotatable bonds is 3. The zero-order chi connectivity index (χ0) is 17.4. The lowest BCUT2D eigenvalue weighted by Crippen LogP contribution is -2.40. The first-order chi connectivity index (χ1) is 12.1. The number of aryl methyl sites for hydroxylation is 2. The molecular weight excluding hydrogens is 314 g/mol. The maximum atomic E-state index is 12.8. The summed E-state index contributed by atoms with van der Waals surface area (Å²) in [6.45, 7) is 5.70. The molecule has 0 bridgehead atoms. The van der Waals surface area contributed by atoms with Crippen LogP contribution in [-0.2, 0) is 11.2 Å². The first kappa shape index (κ1) is 15.9. The molecule has 4 rings (SSSR count). The second-order valence-corrected chi connectivity index (χ2v) is 7.08. The van der Waals surface area contributed by atoms with Gasteiger partial charge in [0.05, 0.1) is 18.9 Å². The minimum Gasteiger partial charge on any atom is -0.464 e. The molecule has 1 amide bonds. The zero-order valence-electron chi connectivity index (χ0n) is 14.7. The van der Waals surface area contributed by atoms with E-state index in [2.05, 4.69) is 23.2 Å². The number of likely N-dealkylation sites (tertiary alicyclic amines) is 1. The van der Waals surface area contributed by atoms with Crippen molar-refractivity contribution in [2.45, 2.75) is 39.0 Å². The highest BCUT2D eigenvalue weighted by Gasteiger charge is 2.27. The van der Waals surface area contributed by atoms with Crippen molar-refractivity contribution >= 4 is 16.9 Å². The molecule has 0 saturated carbocycles. The van der Waals surface area contributed by atoms with E-state index in [9.17, 15) is 4.79 Å². The van der Waals surface area contributed by atoms with E-state index in [1.54, 1.807) is 6.26 Å². The summed E-state index contributed by atoms with van der Waals surface area (Å²) in [5, 5.41) is 8.27. The van der Waals surface area contributed by atoms with Gasteiger partial charge in [0.25, 0.3) is 0 Å². The van der Waals surface area contributed by atoms with Gasteiger partial charge in [0.15, 0.2) is 0 Å². The van der Waals surface area contributed by atoms with Gasteiger partial charge in [0.1, 0.15) is 5.58 Å². The third-order valence-corrected chi connectivity index (χ3v) is 5.20. The molecule has 1 N–H and O–H groups in total. The SMILES string of the molecule is Cc1ccc2c(CC(=O)N3CCC[C@H](c4[nH]ncc4C)C3)coc2c1. The number of benzene rings is 1. The maximum absolute atomic E-state index is 12.8. The van der Waals surface area contributed by atoms with E-state index in [1.807, 2.05) is 30.2 Å². The maximum Gasteiger partial charge on any atom is 0.227 e. The quantitative estimate of drug-likeness (QED) is 0.792. The van der Waals surface area contributed by atoms with E-state index in [0.717, 1.165) is 48.0 Å². The molecule has 25 heavy (non-hydrogen) atoms. The van der Waals surface area contributed by atoms with Gasteiger partial charge >= 0.3 is 0 Å². The molecule has 130 valence electrons. The van der Waals surface area contributed by atoms with Gasteiger partial charge < -0.3 is 9.32 Å². The van der Waals surface area contributed by atoms with Gasteiger partial charge in [-0.05, 0) is 43.9 Å². The Morgan fingerprint density at radius 1 is 1.40 bits per heavy atom. The van der Waals surface area contributed by atoms with Crippen LogP contribution in [0.2, 0.25) is 0 Å². The number of aromatic amines is 1. The normalized spacial score (nSPS) is 18.0. The molecule has 1 atom stereocenters. The van der Waals surface area contributed by atoms with Gasteiger partial charge in [0, 0.05) is 35.7 Å². The van der Waals surface area contributed by atoms with Crippen molar-refractivity contribution in [2.24, 2.45) is 0 Å². The predicted octanol–water partition coefficient (Wildman–Crippen LogP) is 3.72. The van der Waals surface area contributed by atoms with Crippen LogP contribution in [0, 0.1) is 13.8 Å². The standard InChI is InChI=1S/C20H23N3O2/c1-13-5-6-17-16(12-25-18(17)8-13)9-19(24)23-7-3-4-15(11-23)20-14(2)10-21-22-20/h5-6,8,10,12,15H,3-4,7,9,11H2,1-2H3,(H,21,22)/t15-/m0/s1. The molecule has 0 aliphatic carbocycles. The highest BCUT2D eigenvalue weighted by atomic mass is 16.3. The number of carbonyl (C=O) groups is 1. The van der Waals surface area contributed by atoms with Crippen LogP contribution in [0.15, 0.2) is 35.1 Å². The molecule has 1 fully saturated rings. The monoisotopic (exact) mass is 337 g/mol. The minimum absolute atomic E-state index is 0.171. The number of hydrogen-bond donors (Lipinski definition) is 1. The molecule has 0 radical (unpaired) electrons. The van der Waals surface area contributed by atoms with Crippen molar-refractivity contribution < 1.29 is 9.21 Å². The molecule has 1 aromatic carbocycles. The number of hydrogen-bond acceptors (Lipinski definition) is 3. The molecule has 3 aromatic rings. The van der Waals surface area contributed by atoms with Crippen molar-refractivity contribution in [1.82, 2.24) is 15.1 Å². The molecule has 1 aliphatic rings. The van der Waals surface area contributed by atoms with Gasteiger partial charge in [-0.15, -0.1) is 0 Å². The number of fused-ring (bicyclic) bond motifs is 1. The highest BCUT2D eigenvalue weighted by molar-refractivity contribution is 5.88. The Kier molecular flexibility index (Phi) is 4.07. The van der Waals surface area contributed by atoms with Crippen molar-refractivity contribution in [3.8, 4) is 0 Å². The lowest BCUT2D eigenvalue weighted by molar-refractivity contribution is -0.131. The summed E-state index contributed by atoms with van der Waals surface area (Å²) in [6.07, 6.45) is 6.10. The highest BCUT2D eigenvalue weighted by Crippen LogP contribution is 2.28. The summed E-state index contributed by atoms with van der Waals surface area (Å²) in [5.74, 6) is 0.522. The molecule has 1 saturated heterocycles. The Labute approximate surface area is 147 Å². The van der Waals surface area contributed by atoms with Crippen LogP contribution in [0.4, 0.5) is 0 Å². The third kappa shape index (κ3) is 3.06. The number of carbonyl (C=O) groups excluding carboxylic acids is 1. The zero-order valence-corrected chi connectivity index (χ0v) is 14.7. The summed E-state index contributed by atoms with van der Waals surface area (Å²) < 4.78 is 5.63. The average Bonchev–Trinajstić information content (AvgIpc) is 3.21. The first-order valence-corrected chi connectivity index (χ1v) is 8.86. The molecule has 2 aromatic heterocycles. The molecule has 0 spiro atoms. The summed E-state index contributed by atoms with van der Waals surface area (Å²) in [7, 11) is 0. The van der Waals surface area contributed by atoms with E-state index in [0.29, 0.717) is 12.3 Å². The van der Waals surface area contributed by atoms with Crippen LogP contribution in [0.3, 0.4) is 0 Å². The summed E-state index contributed by atoms with van der Waals surface area (Å²) in [5.41, 5.74) is 5.33. The van der Waals surface area contributed by atoms with Crippen molar-refractivity contribution in [3.05, 3.63) is 53.0 Å². The Morgan fingerprint density at radius 3 is 3.08 bits per heavy atom. The number of nitrogens with zero attached hydrogens (tertiary/aromatic N) is 2. The van der Waals surface area contributed by atoms with Crippen LogP contribution >= 0.6 is 0 Å². The van der Waals surface area contributed by atoms with E-state index in [-0.39, 0.29) is 5.91 Å². The largest absolute Gasteiger partial charge is 0.464 e. The number of furan rings is 1. The van der Waals surface area contributed by atoms with Gasteiger partial charge in [-0.3, -0.25) is 9.89 Å². The third-order valence-electron chi connectivity index (χ3n) is 5.20. The Hall–Kier alpha value is -2.56. The molecular formula is C20H23N3O2. The van der Waals surface area contributed by atoms with E-state index in [1.165, 1.54) is 11.3 Å². The predicted molar refractivity (Wildman–Crippen MR) is 96.5 cm³/mol. The Morgan fingerprint density at radius 2 is 2.28 bits per heavy atom. The number of nitrogens with one attached hydrogen (secondary N) is 1. The van der Waals surface area contributed by atoms with Gasteiger partial charge in [0.2, 0.25) is 5.91 Å².